The van der Waals surface area contributed by atoms with Crippen molar-refractivity contribution in [3.63, 3.8) is 0 Å². The summed E-state index contributed by atoms with van der Waals surface area (Å²) in [6.07, 6.45) is -2.76. The Labute approximate surface area is 123 Å². The fraction of sp³-hybridized carbons (Fsp3) is 0.286. The van der Waals surface area contributed by atoms with Gasteiger partial charge in [0.2, 0.25) is 0 Å². The number of ether oxygens (including phenoxy) is 2. The van der Waals surface area contributed by atoms with Crippen LogP contribution in [0.15, 0.2) is 42.5 Å². The van der Waals surface area contributed by atoms with Crippen molar-refractivity contribution in [1.82, 2.24) is 0 Å². The van der Waals surface area contributed by atoms with E-state index >= 15 is 0 Å². The van der Waals surface area contributed by atoms with E-state index in [2.05, 4.69) is 4.74 Å². The molecule has 0 saturated heterocycles. The Morgan fingerprint density at radius 1 is 1.05 bits per heavy atom. The first-order valence-electron chi connectivity index (χ1n) is 6.03. The molecule has 1 aromatic rings. The molecule has 0 N–H and O–H groups in total. The molecule has 0 aliphatic rings. The van der Waals surface area contributed by atoms with Gasteiger partial charge in [-0.3, -0.25) is 0 Å². The molecule has 22 heavy (non-hydrogen) atoms. The van der Waals surface area contributed by atoms with Crippen molar-refractivity contribution in [3.05, 3.63) is 48.0 Å². The first-order valence-corrected chi connectivity index (χ1v) is 6.03. The molecule has 1 rings (SSSR count). The van der Waals surface area contributed by atoms with E-state index in [0.717, 1.165) is 0 Å². The van der Waals surface area contributed by atoms with Crippen LogP contribution in [-0.2, 0) is 25.7 Å². The van der Waals surface area contributed by atoms with Gasteiger partial charge in [-0.25, -0.2) is 18.4 Å². The van der Waals surface area contributed by atoms with Crippen LogP contribution in [0.3, 0.4) is 0 Å². The third kappa shape index (κ3) is 6.38. The van der Waals surface area contributed by atoms with Crippen molar-refractivity contribution in [1.29, 1.82) is 0 Å². The standard InChI is InChI=1S/C14H12F4O4/c15-13(16)14(17,18)9-22-12(20)7-6-11(19)21-8-10-4-2-1-3-5-10/h1-7,13H,8-9H2/b7-6+. The average molecular weight is 320 g/mol. The van der Waals surface area contributed by atoms with Crippen molar-refractivity contribution in [2.45, 2.75) is 19.0 Å². The van der Waals surface area contributed by atoms with E-state index in [9.17, 15) is 27.2 Å². The van der Waals surface area contributed by atoms with E-state index < -0.39 is 30.9 Å². The lowest BCUT2D eigenvalue weighted by Gasteiger charge is -2.13. The second kappa shape index (κ2) is 8.16. The molecule has 0 aliphatic heterocycles. The molecule has 0 heterocycles. The van der Waals surface area contributed by atoms with Crippen LogP contribution in [0.2, 0.25) is 0 Å². The van der Waals surface area contributed by atoms with Gasteiger partial charge >= 0.3 is 24.3 Å². The molecule has 0 aromatic heterocycles. The fourth-order valence-corrected chi connectivity index (χ4v) is 1.19. The Balaban J connectivity index is 2.34. The molecule has 1 aromatic carbocycles. The quantitative estimate of drug-likeness (QED) is 0.440. The van der Waals surface area contributed by atoms with Gasteiger partial charge in [0.25, 0.3) is 0 Å². The molecule has 0 fully saturated rings. The number of hydrogen-bond donors (Lipinski definition) is 0. The zero-order valence-electron chi connectivity index (χ0n) is 11.2. The van der Waals surface area contributed by atoms with Gasteiger partial charge in [0, 0.05) is 12.2 Å². The largest absolute Gasteiger partial charge is 0.458 e. The summed E-state index contributed by atoms with van der Waals surface area (Å²) in [5, 5.41) is 0. The molecule has 0 unspecified atom stereocenters. The van der Waals surface area contributed by atoms with E-state index in [-0.39, 0.29) is 6.61 Å². The molecule has 0 bridgehead atoms. The molecule has 0 radical (unpaired) electrons. The van der Waals surface area contributed by atoms with Gasteiger partial charge < -0.3 is 9.47 Å². The van der Waals surface area contributed by atoms with Crippen LogP contribution in [-0.4, -0.2) is 30.9 Å². The topological polar surface area (TPSA) is 52.6 Å². The highest BCUT2D eigenvalue weighted by atomic mass is 19.3. The second-order valence-electron chi connectivity index (χ2n) is 4.10. The van der Waals surface area contributed by atoms with Crippen LogP contribution in [0.25, 0.3) is 0 Å². The first-order chi connectivity index (χ1) is 10.3. The van der Waals surface area contributed by atoms with E-state index in [1.165, 1.54) is 0 Å². The Morgan fingerprint density at radius 3 is 2.14 bits per heavy atom. The normalized spacial score (nSPS) is 11.7. The molecule has 120 valence electrons. The summed E-state index contributed by atoms with van der Waals surface area (Å²) in [7, 11) is 0. The average Bonchev–Trinajstić information content (AvgIpc) is 2.49. The molecular formula is C14H12F4O4. The van der Waals surface area contributed by atoms with Crippen molar-refractivity contribution >= 4 is 11.9 Å². The van der Waals surface area contributed by atoms with Gasteiger partial charge in [0.1, 0.15) is 6.61 Å². The number of carbonyl (C=O) groups excluding carboxylic acids is 2. The molecular weight excluding hydrogens is 308 g/mol. The molecule has 0 amide bonds. The Kier molecular flexibility index (Phi) is 6.55. The van der Waals surface area contributed by atoms with Crippen LogP contribution in [0, 0.1) is 0 Å². The van der Waals surface area contributed by atoms with Crippen molar-refractivity contribution < 1.29 is 36.6 Å². The van der Waals surface area contributed by atoms with E-state index in [1.54, 1.807) is 30.3 Å². The van der Waals surface area contributed by atoms with Gasteiger partial charge in [-0.1, -0.05) is 30.3 Å². The van der Waals surface area contributed by atoms with Gasteiger partial charge in [-0.05, 0) is 5.56 Å². The number of benzene rings is 1. The SMILES string of the molecule is O=C(/C=C/C(=O)OCC(F)(F)C(F)F)OCc1ccccc1. The molecule has 0 aliphatic carbocycles. The second-order valence-corrected chi connectivity index (χ2v) is 4.10. The smallest absolute Gasteiger partial charge is 0.340 e. The predicted molar refractivity (Wildman–Crippen MR) is 67.3 cm³/mol. The summed E-state index contributed by atoms with van der Waals surface area (Å²) in [5.74, 6) is -6.68. The highest BCUT2D eigenvalue weighted by molar-refractivity contribution is 5.91. The third-order valence-electron chi connectivity index (χ3n) is 2.31. The maximum absolute atomic E-state index is 12.5. The Bertz CT molecular complexity index is 529. The van der Waals surface area contributed by atoms with Crippen molar-refractivity contribution in [3.8, 4) is 0 Å². The maximum atomic E-state index is 12.5. The monoisotopic (exact) mass is 320 g/mol. The highest BCUT2D eigenvalue weighted by Gasteiger charge is 2.42. The van der Waals surface area contributed by atoms with Crippen molar-refractivity contribution in [2.75, 3.05) is 6.61 Å². The molecule has 0 atom stereocenters. The summed E-state index contributed by atoms with van der Waals surface area (Å²) >= 11 is 0. The highest BCUT2D eigenvalue weighted by Crippen LogP contribution is 2.22. The van der Waals surface area contributed by atoms with E-state index in [4.69, 9.17) is 4.74 Å². The third-order valence-corrected chi connectivity index (χ3v) is 2.31. The number of rotatable bonds is 7. The summed E-state index contributed by atoms with van der Waals surface area (Å²) in [6, 6.07) is 8.66. The number of hydrogen-bond acceptors (Lipinski definition) is 4. The van der Waals surface area contributed by atoms with Gasteiger partial charge in [-0.2, -0.15) is 8.78 Å². The minimum atomic E-state index is -4.43. The number of alkyl halides is 4. The molecule has 4 nitrogen and oxygen atoms in total. The van der Waals surface area contributed by atoms with Crippen LogP contribution in [0.5, 0.6) is 0 Å². The Hall–Kier alpha value is -2.38. The number of esters is 2. The van der Waals surface area contributed by atoms with Crippen LogP contribution in [0.1, 0.15) is 5.56 Å². The zero-order valence-corrected chi connectivity index (χ0v) is 11.2. The lowest BCUT2D eigenvalue weighted by molar-refractivity contribution is -0.176. The molecule has 0 spiro atoms. The predicted octanol–water partition coefficient (Wildman–Crippen LogP) is 2.73. The van der Waals surface area contributed by atoms with E-state index in [1.807, 2.05) is 0 Å². The van der Waals surface area contributed by atoms with Crippen LogP contribution >= 0.6 is 0 Å². The lowest BCUT2D eigenvalue weighted by atomic mass is 10.2. The van der Waals surface area contributed by atoms with E-state index in [0.29, 0.717) is 17.7 Å². The summed E-state index contributed by atoms with van der Waals surface area (Å²) in [5.41, 5.74) is 0.711. The minimum absolute atomic E-state index is 0.0392. The van der Waals surface area contributed by atoms with Crippen molar-refractivity contribution in [2.24, 2.45) is 0 Å². The molecule has 0 saturated carbocycles. The Morgan fingerprint density at radius 2 is 1.59 bits per heavy atom. The maximum Gasteiger partial charge on any atom is 0.340 e. The molecule has 8 heteroatoms. The number of halogens is 4. The van der Waals surface area contributed by atoms with Crippen LogP contribution in [0.4, 0.5) is 17.6 Å². The summed E-state index contributed by atoms with van der Waals surface area (Å²) in [4.78, 5) is 22.2. The summed E-state index contributed by atoms with van der Waals surface area (Å²) < 4.78 is 57.2. The zero-order chi connectivity index (χ0) is 16.6. The summed E-state index contributed by atoms with van der Waals surface area (Å²) in [6.45, 7) is -1.81. The number of carbonyl (C=O) groups is 2. The minimum Gasteiger partial charge on any atom is -0.458 e. The van der Waals surface area contributed by atoms with Gasteiger partial charge in [-0.15, -0.1) is 0 Å². The lowest BCUT2D eigenvalue weighted by Crippen LogP contribution is -2.33. The van der Waals surface area contributed by atoms with Gasteiger partial charge in [0.05, 0.1) is 0 Å². The van der Waals surface area contributed by atoms with Crippen LogP contribution < -0.4 is 0 Å². The first kappa shape index (κ1) is 17.7. The van der Waals surface area contributed by atoms with Gasteiger partial charge in [0.15, 0.2) is 6.61 Å². The fourth-order valence-electron chi connectivity index (χ4n) is 1.19.